The molecule has 1 aliphatic carbocycles. The van der Waals surface area contributed by atoms with Gasteiger partial charge in [-0.1, -0.05) is 27.2 Å². The molecular formula is C15H29NO. The summed E-state index contributed by atoms with van der Waals surface area (Å²) in [5, 5.41) is 3.80. The first-order valence-corrected chi connectivity index (χ1v) is 7.51. The van der Waals surface area contributed by atoms with Gasteiger partial charge in [0.25, 0.3) is 0 Å². The predicted molar refractivity (Wildman–Crippen MR) is 72.1 cm³/mol. The van der Waals surface area contributed by atoms with E-state index in [9.17, 15) is 0 Å². The van der Waals surface area contributed by atoms with Gasteiger partial charge in [-0.25, -0.2) is 0 Å². The van der Waals surface area contributed by atoms with Gasteiger partial charge in [0.2, 0.25) is 0 Å². The van der Waals surface area contributed by atoms with Crippen molar-refractivity contribution >= 4 is 0 Å². The second-order valence-electron chi connectivity index (χ2n) is 6.48. The molecule has 0 spiro atoms. The highest BCUT2D eigenvalue weighted by atomic mass is 16.5. The number of nitrogens with one attached hydrogen (secondary N) is 1. The van der Waals surface area contributed by atoms with Crippen LogP contribution in [0, 0.1) is 17.8 Å². The van der Waals surface area contributed by atoms with Crippen LogP contribution in [0.2, 0.25) is 0 Å². The van der Waals surface area contributed by atoms with Gasteiger partial charge in [0.1, 0.15) is 0 Å². The molecule has 2 aliphatic rings. The van der Waals surface area contributed by atoms with Crippen LogP contribution in [0.25, 0.3) is 0 Å². The fourth-order valence-corrected chi connectivity index (χ4v) is 3.53. The molecule has 4 atom stereocenters. The van der Waals surface area contributed by atoms with Crippen molar-refractivity contribution in [1.29, 1.82) is 0 Å². The monoisotopic (exact) mass is 239 g/mol. The van der Waals surface area contributed by atoms with Crippen molar-refractivity contribution in [2.24, 2.45) is 17.8 Å². The summed E-state index contributed by atoms with van der Waals surface area (Å²) in [6, 6.07) is 0.725. The lowest BCUT2D eigenvalue weighted by Gasteiger charge is -2.38. The summed E-state index contributed by atoms with van der Waals surface area (Å²) in [4.78, 5) is 0. The first-order valence-electron chi connectivity index (χ1n) is 7.51. The predicted octanol–water partition coefficient (Wildman–Crippen LogP) is 3.22. The average Bonchev–Trinajstić information content (AvgIpc) is 2.78. The van der Waals surface area contributed by atoms with Gasteiger partial charge in [-0.15, -0.1) is 0 Å². The van der Waals surface area contributed by atoms with Crippen LogP contribution in [-0.2, 0) is 4.74 Å². The summed E-state index contributed by atoms with van der Waals surface area (Å²) < 4.78 is 5.70. The molecule has 100 valence electrons. The molecule has 4 unspecified atom stereocenters. The minimum absolute atomic E-state index is 0.486. The van der Waals surface area contributed by atoms with Gasteiger partial charge in [0, 0.05) is 19.2 Å². The van der Waals surface area contributed by atoms with E-state index in [0.717, 1.165) is 36.9 Å². The maximum absolute atomic E-state index is 5.70. The second-order valence-corrected chi connectivity index (χ2v) is 6.48. The van der Waals surface area contributed by atoms with Crippen molar-refractivity contribution in [1.82, 2.24) is 5.32 Å². The molecule has 2 rings (SSSR count). The normalized spacial score (nSPS) is 38.8. The van der Waals surface area contributed by atoms with E-state index in [0.29, 0.717) is 6.10 Å². The van der Waals surface area contributed by atoms with E-state index < -0.39 is 0 Å². The third-order valence-corrected chi connectivity index (χ3v) is 4.65. The van der Waals surface area contributed by atoms with Crippen molar-refractivity contribution in [3.8, 4) is 0 Å². The van der Waals surface area contributed by atoms with E-state index in [-0.39, 0.29) is 0 Å². The Morgan fingerprint density at radius 3 is 2.71 bits per heavy atom. The molecule has 17 heavy (non-hydrogen) atoms. The Kier molecular flexibility index (Phi) is 4.87. The summed E-state index contributed by atoms with van der Waals surface area (Å²) in [7, 11) is 0. The number of ether oxygens (including phenoxy) is 1. The minimum atomic E-state index is 0.486. The third-order valence-electron chi connectivity index (χ3n) is 4.65. The van der Waals surface area contributed by atoms with Crippen LogP contribution in [-0.4, -0.2) is 25.3 Å². The fourth-order valence-electron chi connectivity index (χ4n) is 3.53. The maximum Gasteiger partial charge on any atom is 0.0700 e. The standard InChI is InChI=1S/C15H29NO/c1-11(2)14-7-6-12(3)9-15(14)16-10-13-5-4-8-17-13/h11-16H,4-10H2,1-3H3. The van der Waals surface area contributed by atoms with Gasteiger partial charge in [-0.3, -0.25) is 0 Å². The van der Waals surface area contributed by atoms with Gasteiger partial charge in [0.15, 0.2) is 0 Å². The summed E-state index contributed by atoms with van der Waals surface area (Å²) in [5.74, 6) is 2.57. The van der Waals surface area contributed by atoms with Gasteiger partial charge >= 0.3 is 0 Å². The SMILES string of the molecule is CC1CCC(C(C)C)C(NCC2CCCO2)C1. The molecule has 2 heteroatoms. The molecule has 0 aromatic carbocycles. The van der Waals surface area contributed by atoms with E-state index in [1.807, 2.05) is 0 Å². The fraction of sp³-hybridized carbons (Fsp3) is 1.00. The first kappa shape index (κ1) is 13.4. The largest absolute Gasteiger partial charge is 0.377 e. The summed E-state index contributed by atoms with van der Waals surface area (Å²) in [6.45, 7) is 9.20. The molecule has 0 radical (unpaired) electrons. The zero-order valence-electron chi connectivity index (χ0n) is 11.7. The topological polar surface area (TPSA) is 21.3 Å². The van der Waals surface area contributed by atoms with Crippen LogP contribution in [0.15, 0.2) is 0 Å². The van der Waals surface area contributed by atoms with Gasteiger partial charge in [0.05, 0.1) is 6.10 Å². The third kappa shape index (κ3) is 3.69. The Hall–Kier alpha value is -0.0800. The quantitative estimate of drug-likeness (QED) is 0.813. The van der Waals surface area contributed by atoms with E-state index in [4.69, 9.17) is 4.74 Å². The molecule has 2 fully saturated rings. The smallest absolute Gasteiger partial charge is 0.0700 e. The first-order chi connectivity index (χ1) is 8.16. The second kappa shape index (κ2) is 6.19. The molecule has 1 heterocycles. The summed E-state index contributed by atoms with van der Waals surface area (Å²) in [6.07, 6.45) is 7.17. The molecule has 0 aromatic rings. The highest BCUT2D eigenvalue weighted by Crippen LogP contribution is 2.33. The van der Waals surface area contributed by atoms with E-state index in [2.05, 4.69) is 26.1 Å². The molecule has 0 bridgehead atoms. The molecule has 1 saturated heterocycles. The zero-order chi connectivity index (χ0) is 12.3. The number of hydrogen-bond donors (Lipinski definition) is 1. The lowest BCUT2D eigenvalue weighted by atomic mass is 9.74. The van der Waals surface area contributed by atoms with E-state index >= 15 is 0 Å². The molecular weight excluding hydrogens is 210 g/mol. The van der Waals surface area contributed by atoms with Gasteiger partial charge < -0.3 is 10.1 Å². The summed E-state index contributed by atoms with van der Waals surface area (Å²) in [5.41, 5.74) is 0. The van der Waals surface area contributed by atoms with Crippen LogP contribution >= 0.6 is 0 Å². The van der Waals surface area contributed by atoms with Crippen molar-refractivity contribution in [3.63, 3.8) is 0 Å². The maximum atomic E-state index is 5.70. The lowest BCUT2D eigenvalue weighted by molar-refractivity contribution is 0.0937. The lowest BCUT2D eigenvalue weighted by Crippen LogP contribution is -2.45. The average molecular weight is 239 g/mol. The van der Waals surface area contributed by atoms with Crippen molar-refractivity contribution in [2.75, 3.05) is 13.2 Å². The van der Waals surface area contributed by atoms with Crippen molar-refractivity contribution in [3.05, 3.63) is 0 Å². The highest BCUT2D eigenvalue weighted by molar-refractivity contribution is 4.86. The molecule has 2 nitrogen and oxygen atoms in total. The zero-order valence-corrected chi connectivity index (χ0v) is 11.7. The van der Waals surface area contributed by atoms with E-state index in [1.165, 1.54) is 32.1 Å². The molecule has 1 saturated carbocycles. The van der Waals surface area contributed by atoms with Crippen LogP contribution in [0.1, 0.15) is 52.9 Å². The molecule has 0 aromatic heterocycles. The summed E-state index contributed by atoms with van der Waals surface area (Å²) >= 11 is 0. The Morgan fingerprint density at radius 1 is 1.24 bits per heavy atom. The molecule has 1 aliphatic heterocycles. The van der Waals surface area contributed by atoms with Crippen LogP contribution in [0.4, 0.5) is 0 Å². The number of rotatable bonds is 4. The minimum Gasteiger partial charge on any atom is -0.377 e. The molecule has 0 amide bonds. The van der Waals surface area contributed by atoms with E-state index in [1.54, 1.807) is 0 Å². The van der Waals surface area contributed by atoms with Gasteiger partial charge in [-0.2, -0.15) is 0 Å². The van der Waals surface area contributed by atoms with Gasteiger partial charge in [-0.05, 0) is 43.4 Å². The molecule has 1 N–H and O–H groups in total. The Balaban J connectivity index is 1.81. The Bertz CT molecular complexity index is 223. The van der Waals surface area contributed by atoms with Crippen LogP contribution in [0.5, 0.6) is 0 Å². The highest BCUT2D eigenvalue weighted by Gasteiger charge is 2.31. The number of hydrogen-bond acceptors (Lipinski definition) is 2. The Labute approximate surface area is 107 Å². The van der Waals surface area contributed by atoms with Crippen LogP contribution in [0.3, 0.4) is 0 Å². The van der Waals surface area contributed by atoms with Crippen LogP contribution < -0.4 is 5.32 Å². The van der Waals surface area contributed by atoms with Crippen molar-refractivity contribution in [2.45, 2.75) is 65.0 Å². The Morgan fingerprint density at radius 2 is 2.06 bits per heavy atom. The van der Waals surface area contributed by atoms with Crippen molar-refractivity contribution < 1.29 is 4.74 Å².